The zero-order valence-electron chi connectivity index (χ0n) is 22.0. The summed E-state index contributed by atoms with van der Waals surface area (Å²) in [4.78, 5) is 29.0. The van der Waals surface area contributed by atoms with Gasteiger partial charge < -0.3 is 29.4 Å². The summed E-state index contributed by atoms with van der Waals surface area (Å²) in [5, 5.41) is 12.6. The largest absolute Gasteiger partial charge is 0.366 e. The zero-order chi connectivity index (χ0) is 27.4. The third-order valence-corrected chi connectivity index (χ3v) is 5.73. The molecule has 1 aliphatic rings. The van der Waals surface area contributed by atoms with Crippen LogP contribution in [-0.2, 0) is 18.9 Å². The van der Waals surface area contributed by atoms with Crippen LogP contribution in [0, 0.1) is 0 Å². The smallest absolute Gasteiger partial charge is 0.351 e. The number of nitrogens with one attached hydrogen (secondary N) is 1. The van der Waals surface area contributed by atoms with Gasteiger partial charge in [-0.05, 0) is 59.7 Å². The van der Waals surface area contributed by atoms with Gasteiger partial charge in [-0.3, -0.25) is 9.36 Å². The Balaban J connectivity index is 1.72. The summed E-state index contributed by atoms with van der Waals surface area (Å²) in [6.45, 7) is 9.47. The number of nitrogens with zero attached hydrogens (tertiary/aromatic N) is 2. The average molecular weight is 522 g/mol. The van der Waals surface area contributed by atoms with Gasteiger partial charge in [-0.15, -0.1) is 0 Å². The highest BCUT2D eigenvalue weighted by molar-refractivity contribution is 6.03. The molecule has 1 aromatic heterocycles. The lowest BCUT2D eigenvalue weighted by Crippen LogP contribution is -2.52. The van der Waals surface area contributed by atoms with E-state index in [0.717, 1.165) is 0 Å². The number of halogens is 1. The van der Waals surface area contributed by atoms with Gasteiger partial charge in [-0.1, -0.05) is 18.2 Å². The van der Waals surface area contributed by atoms with Crippen LogP contribution in [0.2, 0.25) is 0 Å². The maximum atomic E-state index is 14.3. The highest BCUT2D eigenvalue weighted by Gasteiger charge is 2.41. The Hall–Kier alpha value is -2.70. The number of ether oxygens (including phenoxy) is 4. The van der Waals surface area contributed by atoms with Crippen molar-refractivity contribution < 1.29 is 33.2 Å². The molecule has 0 saturated carbocycles. The number of aromatic nitrogens is 2. The molecular weight excluding hydrogens is 485 g/mol. The molecule has 0 aliphatic carbocycles. The number of alkyl halides is 1. The molecule has 0 bridgehead atoms. The number of hydrogen-bond acceptors (Lipinski definition) is 8. The summed E-state index contributed by atoms with van der Waals surface area (Å²) in [5.74, 6) is -2.76. The van der Waals surface area contributed by atoms with Crippen molar-refractivity contribution in [1.29, 1.82) is 0 Å². The van der Waals surface area contributed by atoms with E-state index in [1.54, 1.807) is 51.1 Å². The lowest BCUT2D eigenvalue weighted by molar-refractivity contribution is -0.326. The van der Waals surface area contributed by atoms with E-state index < -0.39 is 48.0 Å². The van der Waals surface area contributed by atoms with Crippen LogP contribution in [0.15, 0.2) is 47.4 Å². The highest BCUT2D eigenvalue weighted by atomic mass is 19.1. The van der Waals surface area contributed by atoms with E-state index in [4.69, 9.17) is 18.9 Å². The maximum Gasteiger partial charge on any atom is 0.351 e. The molecule has 204 valence electrons. The molecule has 5 atom stereocenters. The predicted octanol–water partition coefficient (Wildman–Crippen LogP) is 3.41. The molecule has 2 N–H and O–H groups in total. The van der Waals surface area contributed by atoms with Crippen LogP contribution in [0.5, 0.6) is 0 Å². The van der Waals surface area contributed by atoms with Gasteiger partial charge in [0.1, 0.15) is 24.3 Å². The van der Waals surface area contributed by atoms with Crippen LogP contribution in [0.25, 0.3) is 0 Å². The first-order valence-electron chi connectivity index (χ1n) is 12.2. The van der Waals surface area contributed by atoms with Crippen LogP contribution in [0.1, 0.15) is 64.5 Å². The van der Waals surface area contributed by atoms with Crippen molar-refractivity contribution in [2.75, 3.05) is 11.9 Å². The van der Waals surface area contributed by atoms with Crippen molar-refractivity contribution in [3.05, 3.63) is 58.6 Å². The van der Waals surface area contributed by atoms with Gasteiger partial charge in [0.25, 0.3) is 5.91 Å². The second-order valence-corrected chi connectivity index (χ2v) is 9.98. The number of rotatable bonds is 10. The van der Waals surface area contributed by atoms with Gasteiger partial charge >= 0.3 is 5.69 Å². The van der Waals surface area contributed by atoms with Gasteiger partial charge in [0.15, 0.2) is 11.6 Å². The first kappa shape index (κ1) is 28.9. The molecule has 1 amide bonds. The number of anilines is 1. The van der Waals surface area contributed by atoms with Gasteiger partial charge in [0.05, 0.1) is 18.8 Å². The van der Waals surface area contributed by atoms with E-state index in [9.17, 15) is 19.1 Å². The molecule has 3 unspecified atom stereocenters. The number of amides is 1. The van der Waals surface area contributed by atoms with E-state index in [-0.39, 0.29) is 24.8 Å². The van der Waals surface area contributed by atoms with Gasteiger partial charge in [-0.2, -0.15) is 4.98 Å². The Bertz CT molecular complexity index is 1100. The van der Waals surface area contributed by atoms with E-state index >= 15 is 0 Å². The lowest BCUT2D eigenvalue weighted by atomic mass is 10.0. The Morgan fingerprint density at radius 3 is 2.57 bits per heavy atom. The first-order chi connectivity index (χ1) is 17.2. The topological polar surface area (TPSA) is 121 Å². The third kappa shape index (κ3) is 8.41. The SMILES string of the molecule is CC(F)[C@H](C[C@@H]1OC(C)(C)OCC1OC(C)n1ccc(NC(=O)c2ccccc2)nc1=O)OC(C)(C)O. The minimum atomic E-state index is -1.54. The molecular formula is C26H36FN3O7. The average Bonchev–Trinajstić information content (AvgIpc) is 2.79. The Kier molecular flexibility index (Phi) is 9.19. The summed E-state index contributed by atoms with van der Waals surface area (Å²) in [6.07, 6.45) is -2.89. The lowest BCUT2D eigenvalue weighted by Gasteiger charge is -2.43. The predicted molar refractivity (Wildman–Crippen MR) is 134 cm³/mol. The number of carbonyl (C=O) groups is 1. The van der Waals surface area contributed by atoms with E-state index in [2.05, 4.69) is 10.3 Å². The number of aliphatic hydroxyl groups is 1. The van der Waals surface area contributed by atoms with Gasteiger partial charge in [0.2, 0.25) is 0 Å². The van der Waals surface area contributed by atoms with E-state index in [1.807, 2.05) is 0 Å². The second-order valence-electron chi connectivity index (χ2n) is 9.98. The Morgan fingerprint density at radius 2 is 1.97 bits per heavy atom. The number of hydrogen-bond donors (Lipinski definition) is 2. The molecule has 1 fully saturated rings. The van der Waals surface area contributed by atoms with Crippen molar-refractivity contribution in [2.24, 2.45) is 0 Å². The van der Waals surface area contributed by atoms with Crippen LogP contribution >= 0.6 is 0 Å². The van der Waals surface area contributed by atoms with Crippen molar-refractivity contribution in [3.8, 4) is 0 Å². The van der Waals surface area contributed by atoms with Crippen molar-refractivity contribution in [1.82, 2.24) is 9.55 Å². The zero-order valence-corrected chi connectivity index (χ0v) is 22.0. The first-order valence-corrected chi connectivity index (χ1v) is 12.2. The minimum absolute atomic E-state index is 0.0867. The van der Waals surface area contributed by atoms with Crippen LogP contribution in [0.3, 0.4) is 0 Å². The molecule has 10 nitrogen and oxygen atoms in total. The minimum Gasteiger partial charge on any atom is -0.366 e. The van der Waals surface area contributed by atoms with Crippen LogP contribution < -0.4 is 11.0 Å². The van der Waals surface area contributed by atoms with E-state index in [0.29, 0.717) is 5.56 Å². The molecule has 1 aliphatic heterocycles. The van der Waals surface area contributed by atoms with Crippen molar-refractivity contribution in [3.63, 3.8) is 0 Å². The summed E-state index contributed by atoms with van der Waals surface area (Å²) in [5.41, 5.74) is -0.195. The Labute approximate surface area is 215 Å². The fourth-order valence-electron chi connectivity index (χ4n) is 3.98. The van der Waals surface area contributed by atoms with Crippen LogP contribution in [-0.4, -0.2) is 63.2 Å². The van der Waals surface area contributed by atoms with Crippen LogP contribution in [0.4, 0.5) is 10.2 Å². The highest BCUT2D eigenvalue weighted by Crippen LogP contribution is 2.31. The molecule has 2 aromatic rings. The molecule has 3 rings (SSSR count). The van der Waals surface area contributed by atoms with Crippen molar-refractivity contribution >= 4 is 11.7 Å². The standard InChI is InChI=1S/C26H36FN3O7/c1-16(27)19(36-25(3,4)33)14-20-21(15-34-26(5,6)37-20)35-17(2)30-13-12-22(29-24(30)32)28-23(31)18-10-8-7-9-11-18/h7-13,16-17,19-21,33H,14-15H2,1-6H3,(H,28,29,31,32)/t16?,17?,19-,20-,21?/m0/s1. The monoisotopic (exact) mass is 521 g/mol. The van der Waals surface area contributed by atoms with Gasteiger partial charge in [-0.25, -0.2) is 9.18 Å². The molecule has 2 heterocycles. The molecule has 1 aromatic carbocycles. The number of benzene rings is 1. The number of carbonyl (C=O) groups excluding carboxylic acids is 1. The molecule has 11 heteroatoms. The molecule has 37 heavy (non-hydrogen) atoms. The quantitative estimate of drug-likeness (QED) is 0.457. The summed E-state index contributed by atoms with van der Waals surface area (Å²) in [7, 11) is 0. The fraction of sp³-hybridized carbons (Fsp3) is 0.577. The fourth-order valence-corrected chi connectivity index (χ4v) is 3.98. The Morgan fingerprint density at radius 1 is 1.30 bits per heavy atom. The summed E-state index contributed by atoms with van der Waals surface area (Å²) >= 11 is 0. The maximum absolute atomic E-state index is 14.3. The van der Waals surface area contributed by atoms with Gasteiger partial charge in [0, 0.05) is 18.2 Å². The van der Waals surface area contributed by atoms with Crippen molar-refractivity contribution in [2.45, 2.75) is 90.2 Å². The third-order valence-electron chi connectivity index (χ3n) is 5.73. The normalized spacial score (nSPS) is 22.2. The molecule has 0 spiro atoms. The second kappa shape index (κ2) is 11.8. The van der Waals surface area contributed by atoms with E-state index in [1.165, 1.54) is 37.6 Å². The molecule has 1 saturated heterocycles. The molecule has 0 radical (unpaired) electrons. The summed E-state index contributed by atoms with van der Waals surface area (Å²) in [6, 6.07) is 10.1. The summed E-state index contributed by atoms with van der Waals surface area (Å²) < 4.78 is 39.0.